The third-order valence-electron chi connectivity index (χ3n) is 9.16. The fourth-order valence-corrected chi connectivity index (χ4v) is 7.22. The molecule has 7 nitrogen and oxygen atoms in total. The topological polar surface area (TPSA) is 90.7 Å². The van der Waals surface area contributed by atoms with Crippen molar-refractivity contribution in [2.24, 2.45) is 10.8 Å². The molecule has 0 saturated heterocycles. The van der Waals surface area contributed by atoms with E-state index in [4.69, 9.17) is 48.8 Å². The fourth-order valence-electron chi connectivity index (χ4n) is 6.39. The first kappa shape index (κ1) is 28.5. The second kappa shape index (κ2) is 11.3. The number of fused-ring (bicyclic) bond motifs is 3. The third-order valence-corrected chi connectivity index (χ3v) is 10.2. The quantitative estimate of drug-likeness (QED) is 0.242. The van der Waals surface area contributed by atoms with Crippen molar-refractivity contribution in [2.45, 2.75) is 63.9 Å². The summed E-state index contributed by atoms with van der Waals surface area (Å²) in [7, 11) is 1.30. The molecule has 0 spiro atoms. The number of carbonyl (C=O) groups excluding carboxylic acids is 2. The van der Waals surface area contributed by atoms with Gasteiger partial charge in [-0.1, -0.05) is 52.1 Å². The van der Waals surface area contributed by atoms with Gasteiger partial charge in [-0.3, -0.25) is 4.79 Å². The summed E-state index contributed by atoms with van der Waals surface area (Å²) >= 11 is 19.4. The van der Waals surface area contributed by atoms with Gasteiger partial charge in [0.05, 0.1) is 46.6 Å². The molecule has 41 heavy (non-hydrogen) atoms. The monoisotopic (exact) mass is 616 g/mol. The molecule has 0 atom stereocenters. The van der Waals surface area contributed by atoms with Crippen LogP contribution in [0.1, 0.15) is 79.0 Å². The van der Waals surface area contributed by atoms with Crippen molar-refractivity contribution in [2.75, 3.05) is 19.0 Å². The van der Waals surface area contributed by atoms with Crippen molar-refractivity contribution in [3.63, 3.8) is 0 Å². The molecule has 4 aliphatic rings. The molecular formula is C31H31Cl3N2O5. The molecular weight excluding hydrogens is 587 g/mol. The molecule has 1 aromatic heterocycles. The van der Waals surface area contributed by atoms with Crippen LogP contribution in [-0.4, -0.2) is 30.7 Å². The molecule has 4 fully saturated rings. The van der Waals surface area contributed by atoms with Gasteiger partial charge < -0.3 is 19.3 Å². The largest absolute Gasteiger partial charge is 0.465 e. The van der Waals surface area contributed by atoms with E-state index in [1.165, 1.54) is 7.11 Å². The lowest BCUT2D eigenvalue weighted by Crippen LogP contribution is -2.49. The number of halogens is 3. The number of esters is 1. The third kappa shape index (κ3) is 5.38. The number of carbonyl (C=O) groups is 2. The van der Waals surface area contributed by atoms with Gasteiger partial charge in [-0.25, -0.2) is 4.79 Å². The minimum absolute atomic E-state index is 0.0313. The van der Waals surface area contributed by atoms with Crippen molar-refractivity contribution in [1.82, 2.24) is 5.16 Å². The molecule has 7 rings (SSSR count). The van der Waals surface area contributed by atoms with Gasteiger partial charge in [0, 0.05) is 22.5 Å². The van der Waals surface area contributed by atoms with E-state index in [0.29, 0.717) is 46.1 Å². The average molecular weight is 618 g/mol. The molecule has 1 N–H and O–H groups in total. The first-order valence-corrected chi connectivity index (χ1v) is 15.1. The Kier molecular flexibility index (Phi) is 7.83. The average Bonchev–Trinajstić information content (AvgIpc) is 3.75. The van der Waals surface area contributed by atoms with Crippen LogP contribution in [0.25, 0.3) is 11.3 Å². The van der Waals surface area contributed by atoms with E-state index in [-0.39, 0.29) is 21.9 Å². The van der Waals surface area contributed by atoms with Gasteiger partial charge >= 0.3 is 5.97 Å². The van der Waals surface area contributed by atoms with E-state index < -0.39 is 11.4 Å². The highest BCUT2D eigenvalue weighted by Crippen LogP contribution is 2.57. The number of aromatic nitrogens is 1. The zero-order valence-corrected chi connectivity index (χ0v) is 25.0. The molecule has 4 saturated carbocycles. The predicted molar refractivity (Wildman–Crippen MR) is 158 cm³/mol. The number of anilines is 1. The van der Waals surface area contributed by atoms with Crippen LogP contribution in [0.15, 0.2) is 40.9 Å². The zero-order chi connectivity index (χ0) is 28.8. The summed E-state index contributed by atoms with van der Waals surface area (Å²) in [5.74, 6) is 0.642. The van der Waals surface area contributed by atoms with Gasteiger partial charge in [0.1, 0.15) is 11.5 Å². The van der Waals surface area contributed by atoms with Crippen molar-refractivity contribution < 1.29 is 23.6 Å². The first-order chi connectivity index (χ1) is 19.8. The van der Waals surface area contributed by atoms with Crippen molar-refractivity contribution in [3.05, 3.63) is 68.4 Å². The van der Waals surface area contributed by atoms with Crippen LogP contribution in [0.4, 0.5) is 5.69 Å². The second-order valence-corrected chi connectivity index (χ2v) is 12.8. The molecule has 2 bridgehead atoms. The summed E-state index contributed by atoms with van der Waals surface area (Å²) < 4.78 is 17.0. The lowest BCUT2D eigenvalue weighted by molar-refractivity contribution is -0.138. The number of amides is 1. The Bertz CT molecular complexity index is 1450. The molecule has 216 valence electrons. The van der Waals surface area contributed by atoms with E-state index >= 15 is 0 Å². The van der Waals surface area contributed by atoms with E-state index in [1.807, 2.05) is 6.07 Å². The van der Waals surface area contributed by atoms with Crippen LogP contribution in [0, 0.1) is 10.8 Å². The number of benzene rings is 2. The minimum Gasteiger partial charge on any atom is -0.465 e. The summed E-state index contributed by atoms with van der Waals surface area (Å²) in [6, 6.07) is 10.4. The molecule has 0 unspecified atom stereocenters. The van der Waals surface area contributed by atoms with Crippen molar-refractivity contribution in [1.29, 1.82) is 0 Å². The van der Waals surface area contributed by atoms with E-state index in [2.05, 4.69) is 10.5 Å². The highest BCUT2D eigenvalue weighted by atomic mass is 35.5. The Hall–Kier alpha value is -2.58. The number of ether oxygens (including phenoxy) is 2. The lowest BCUT2D eigenvalue weighted by Gasteiger charge is -2.52. The Labute approximate surface area is 253 Å². The molecule has 3 aromatic rings. The number of hydrogen-bond acceptors (Lipinski definition) is 6. The van der Waals surface area contributed by atoms with Gasteiger partial charge in [-0.15, -0.1) is 0 Å². The maximum Gasteiger partial charge on any atom is 0.339 e. The van der Waals surface area contributed by atoms with Crippen LogP contribution < -0.4 is 5.32 Å². The Morgan fingerprint density at radius 3 is 2.29 bits per heavy atom. The highest BCUT2D eigenvalue weighted by Gasteiger charge is 2.52. The molecule has 1 heterocycles. The van der Waals surface area contributed by atoms with Crippen LogP contribution in [-0.2, 0) is 20.9 Å². The number of methoxy groups -OCH3 is 1. The standard InChI is InChI=1S/C31H31Cl3N2O5/c1-39-28(37)19-4-2-7-23(25(19)34)35-29(38)31-13-10-30(11-14-31,12-15-31)17-40-16-20-26(36-41-27(20)18-8-9-18)24-21(32)5-3-6-22(24)33/h2-7,18H,8-17H2,1H3,(H,35,38). The van der Waals surface area contributed by atoms with Crippen LogP contribution in [0.2, 0.25) is 15.1 Å². The molecule has 10 heteroatoms. The minimum atomic E-state index is -0.540. The zero-order valence-electron chi connectivity index (χ0n) is 22.7. The second-order valence-electron chi connectivity index (χ2n) is 11.6. The number of nitrogens with zero attached hydrogens (tertiary/aromatic N) is 1. The highest BCUT2D eigenvalue weighted by molar-refractivity contribution is 6.39. The maximum absolute atomic E-state index is 13.5. The van der Waals surface area contributed by atoms with Gasteiger partial charge in [0.25, 0.3) is 0 Å². The summed E-state index contributed by atoms with van der Waals surface area (Å²) in [6.07, 6.45) is 7.18. The maximum atomic E-state index is 13.5. The van der Waals surface area contributed by atoms with Gasteiger partial charge in [-0.2, -0.15) is 0 Å². The SMILES string of the molecule is COC(=O)c1cccc(NC(=O)C23CCC(COCc4c(-c5c(Cl)cccc5Cl)noc4C4CC4)(CC2)CC3)c1Cl. The Balaban J connectivity index is 1.11. The molecule has 0 aliphatic heterocycles. The first-order valence-electron chi connectivity index (χ1n) is 13.9. The normalized spacial score (nSPS) is 23.4. The molecule has 1 amide bonds. The molecule has 0 radical (unpaired) electrons. The van der Waals surface area contributed by atoms with Crippen molar-refractivity contribution in [3.8, 4) is 11.3 Å². The Morgan fingerprint density at radius 1 is 1.00 bits per heavy atom. The van der Waals surface area contributed by atoms with Gasteiger partial charge in [0.2, 0.25) is 5.91 Å². The predicted octanol–water partition coefficient (Wildman–Crippen LogP) is 8.46. The lowest BCUT2D eigenvalue weighted by atomic mass is 9.53. The smallest absolute Gasteiger partial charge is 0.339 e. The number of hydrogen-bond donors (Lipinski definition) is 1. The molecule has 4 aliphatic carbocycles. The van der Waals surface area contributed by atoms with E-state index in [9.17, 15) is 9.59 Å². The number of rotatable bonds is 9. The molecule has 2 aromatic carbocycles. The van der Waals surface area contributed by atoms with Crippen LogP contribution >= 0.6 is 34.8 Å². The van der Waals surface area contributed by atoms with Gasteiger partial charge in [0.15, 0.2) is 0 Å². The van der Waals surface area contributed by atoms with Crippen LogP contribution in [0.3, 0.4) is 0 Å². The summed E-state index contributed by atoms with van der Waals surface area (Å²) in [5, 5.41) is 8.61. The summed E-state index contributed by atoms with van der Waals surface area (Å²) in [5.41, 5.74) is 2.48. The summed E-state index contributed by atoms with van der Waals surface area (Å²) in [4.78, 5) is 25.5. The van der Waals surface area contributed by atoms with E-state index in [0.717, 1.165) is 62.7 Å². The summed E-state index contributed by atoms with van der Waals surface area (Å²) in [6.45, 7) is 0.970. The fraction of sp³-hybridized carbons (Fsp3) is 0.452. The Morgan fingerprint density at radius 2 is 1.66 bits per heavy atom. The van der Waals surface area contributed by atoms with E-state index in [1.54, 1.807) is 30.3 Å². The van der Waals surface area contributed by atoms with Gasteiger partial charge in [-0.05, 0) is 81.0 Å². The van der Waals surface area contributed by atoms with Crippen molar-refractivity contribution >= 4 is 52.4 Å². The number of nitrogens with one attached hydrogen (secondary N) is 1. The van der Waals surface area contributed by atoms with Crippen LogP contribution in [0.5, 0.6) is 0 Å².